The van der Waals surface area contributed by atoms with E-state index in [0.717, 1.165) is 16.8 Å². The average Bonchev–Trinajstić information content (AvgIpc) is 2.93. The number of nitrogens with zero attached hydrogens (tertiary/aromatic N) is 1. The molecule has 3 aromatic rings. The summed E-state index contributed by atoms with van der Waals surface area (Å²) >= 11 is 0. The van der Waals surface area contributed by atoms with E-state index in [1.165, 1.54) is 6.33 Å². The molecule has 0 aliphatic carbocycles. The minimum atomic E-state index is -0.371. The highest BCUT2D eigenvalue weighted by atomic mass is 19.1. The number of aromatic amines is 1. The van der Waals surface area contributed by atoms with Crippen molar-refractivity contribution in [3.63, 3.8) is 0 Å². The van der Waals surface area contributed by atoms with Crippen molar-refractivity contribution >= 4 is 22.4 Å². The molecular weight excluding hydrogens is 253 g/mol. The van der Waals surface area contributed by atoms with E-state index in [1.807, 2.05) is 25.1 Å². The van der Waals surface area contributed by atoms with Crippen LogP contribution in [0.4, 0.5) is 15.8 Å². The summed E-state index contributed by atoms with van der Waals surface area (Å²) in [5.41, 5.74) is 3.97. The van der Waals surface area contributed by atoms with Crippen LogP contribution in [-0.4, -0.2) is 9.97 Å². The lowest BCUT2D eigenvalue weighted by Gasteiger charge is -2.11. The van der Waals surface area contributed by atoms with Crippen molar-refractivity contribution in [3.8, 4) is 12.3 Å². The molecule has 2 N–H and O–H groups in total. The minimum absolute atomic E-state index is 0.327. The van der Waals surface area contributed by atoms with Gasteiger partial charge in [0.15, 0.2) is 5.82 Å². The molecule has 0 saturated heterocycles. The Morgan fingerprint density at radius 2 is 2.05 bits per heavy atom. The SMILES string of the molecule is C#Cc1ccc(Nc2ccc3[nH]cnc3c2F)c(C)c1. The normalized spacial score (nSPS) is 10.4. The van der Waals surface area contributed by atoms with Crippen molar-refractivity contribution in [1.29, 1.82) is 0 Å². The molecule has 20 heavy (non-hydrogen) atoms. The maximum Gasteiger partial charge on any atom is 0.174 e. The van der Waals surface area contributed by atoms with Crippen LogP contribution in [-0.2, 0) is 0 Å². The van der Waals surface area contributed by atoms with Gasteiger partial charge in [0.25, 0.3) is 0 Å². The van der Waals surface area contributed by atoms with E-state index in [9.17, 15) is 4.39 Å². The summed E-state index contributed by atoms with van der Waals surface area (Å²) in [5, 5.41) is 3.08. The number of halogens is 1. The molecule has 3 rings (SSSR count). The molecular formula is C16H12FN3. The number of hydrogen-bond donors (Lipinski definition) is 2. The van der Waals surface area contributed by atoms with Crippen molar-refractivity contribution in [2.75, 3.05) is 5.32 Å². The van der Waals surface area contributed by atoms with Crippen LogP contribution in [0.2, 0.25) is 0 Å². The number of H-pyrrole nitrogens is 1. The van der Waals surface area contributed by atoms with Crippen LogP contribution >= 0.6 is 0 Å². The fraction of sp³-hybridized carbons (Fsp3) is 0.0625. The summed E-state index contributed by atoms with van der Waals surface area (Å²) in [5.74, 6) is 2.20. The topological polar surface area (TPSA) is 40.7 Å². The number of aromatic nitrogens is 2. The molecule has 0 aliphatic rings. The zero-order valence-electron chi connectivity index (χ0n) is 10.9. The molecule has 0 fully saturated rings. The first-order valence-electron chi connectivity index (χ1n) is 6.15. The van der Waals surface area contributed by atoms with E-state index >= 15 is 0 Å². The Morgan fingerprint density at radius 3 is 2.80 bits per heavy atom. The van der Waals surface area contributed by atoms with E-state index in [2.05, 4.69) is 21.2 Å². The Balaban J connectivity index is 2.01. The Labute approximate surface area is 115 Å². The molecule has 98 valence electrons. The van der Waals surface area contributed by atoms with Gasteiger partial charge in [-0.2, -0.15) is 0 Å². The molecule has 0 unspecified atom stereocenters. The molecule has 3 nitrogen and oxygen atoms in total. The minimum Gasteiger partial charge on any atom is -0.353 e. The number of rotatable bonds is 2. The van der Waals surface area contributed by atoms with Gasteiger partial charge in [-0.25, -0.2) is 9.37 Å². The summed E-state index contributed by atoms with van der Waals surface area (Å²) in [6, 6.07) is 9.02. The molecule has 1 heterocycles. The van der Waals surface area contributed by atoms with Crippen molar-refractivity contribution in [1.82, 2.24) is 9.97 Å². The number of terminal acetylenes is 1. The van der Waals surface area contributed by atoms with Gasteiger partial charge in [0.2, 0.25) is 0 Å². The van der Waals surface area contributed by atoms with Gasteiger partial charge in [-0.1, -0.05) is 5.92 Å². The van der Waals surface area contributed by atoms with Crippen molar-refractivity contribution in [2.24, 2.45) is 0 Å². The first kappa shape index (κ1) is 12.2. The summed E-state index contributed by atoms with van der Waals surface area (Å²) < 4.78 is 14.3. The maximum atomic E-state index is 14.3. The van der Waals surface area contributed by atoms with Crippen LogP contribution in [0, 0.1) is 25.1 Å². The lowest BCUT2D eigenvalue weighted by atomic mass is 10.1. The largest absolute Gasteiger partial charge is 0.353 e. The van der Waals surface area contributed by atoms with Gasteiger partial charge < -0.3 is 10.3 Å². The molecule has 0 saturated carbocycles. The number of benzene rings is 2. The van der Waals surface area contributed by atoms with Crippen LogP contribution < -0.4 is 5.32 Å². The Morgan fingerprint density at radius 1 is 1.25 bits per heavy atom. The fourth-order valence-corrected chi connectivity index (χ4v) is 2.11. The van der Waals surface area contributed by atoms with E-state index in [1.54, 1.807) is 12.1 Å². The molecule has 2 aromatic carbocycles. The molecule has 0 radical (unpaired) electrons. The van der Waals surface area contributed by atoms with Crippen molar-refractivity contribution < 1.29 is 4.39 Å². The van der Waals surface area contributed by atoms with E-state index < -0.39 is 0 Å². The van der Waals surface area contributed by atoms with Crippen LogP contribution in [0.5, 0.6) is 0 Å². The highest BCUT2D eigenvalue weighted by molar-refractivity contribution is 5.81. The monoisotopic (exact) mass is 265 g/mol. The smallest absolute Gasteiger partial charge is 0.174 e. The van der Waals surface area contributed by atoms with Crippen LogP contribution in [0.15, 0.2) is 36.7 Å². The lowest BCUT2D eigenvalue weighted by molar-refractivity contribution is 0.641. The molecule has 0 atom stereocenters. The van der Waals surface area contributed by atoms with Gasteiger partial charge in [0, 0.05) is 11.3 Å². The van der Waals surface area contributed by atoms with Crippen LogP contribution in [0.3, 0.4) is 0 Å². The van der Waals surface area contributed by atoms with Gasteiger partial charge in [-0.3, -0.25) is 0 Å². The van der Waals surface area contributed by atoms with Gasteiger partial charge in [0.1, 0.15) is 5.52 Å². The zero-order chi connectivity index (χ0) is 14.1. The second kappa shape index (κ2) is 4.71. The third-order valence-electron chi connectivity index (χ3n) is 3.19. The van der Waals surface area contributed by atoms with Crippen LogP contribution in [0.25, 0.3) is 11.0 Å². The van der Waals surface area contributed by atoms with Gasteiger partial charge >= 0.3 is 0 Å². The molecule has 4 heteroatoms. The number of hydrogen-bond acceptors (Lipinski definition) is 2. The van der Waals surface area contributed by atoms with Gasteiger partial charge in [-0.15, -0.1) is 6.42 Å². The second-order valence-electron chi connectivity index (χ2n) is 4.52. The van der Waals surface area contributed by atoms with Crippen molar-refractivity contribution in [3.05, 3.63) is 53.6 Å². The molecule has 0 aliphatic heterocycles. The third-order valence-corrected chi connectivity index (χ3v) is 3.19. The molecule has 0 spiro atoms. The van der Waals surface area contributed by atoms with Gasteiger partial charge in [0.05, 0.1) is 17.5 Å². The van der Waals surface area contributed by atoms with E-state index in [-0.39, 0.29) is 5.82 Å². The van der Waals surface area contributed by atoms with Gasteiger partial charge in [-0.05, 0) is 42.8 Å². The first-order valence-corrected chi connectivity index (χ1v) is 6.15. The summed E-state index contributed by atoms with van der Waals surface area (Å²) in [6.45, 7) is 1.92. The predicted octanol–water partition coefficient (Wildman–Crippen LogP) is 3.74. The lowest BCUT2D eigenvalue weighted by Crippen LogP contribution is -1.97. The number of nitrogens with one attached hydrogen (secondary N) is 2. The zero-order valence-corrected chi connectivity index (χ0v) is 10.9. The molecule has 0 bridgehead atoms. The van der Waals surface area contributed by atoms with E-state index in [0.29, 0.717) is 16.7 Å². The third kappa shape index (κ3) is 1.99. The second-order valence-corrected chi connectivity index (χ2v) is 4.52. The summed E-state index contributed by atoms with van der Waals surface area (Å²) in [4.78, 5) is 6.85. The molecule has 0 amide bonds. The highest BCUT2D eigenvalue weighted by Gasteiger charge is 2.10. The van der Waals surface area contributed by atoms with Crippen LogP contribution in [0.1, 0.15) is 11.1 Å². The number of aryl methyl sites for hydroxylation is 1. The van der Waals surface area contributed by atoms with E-state index in [4.69, 9.17) is 6.42 Å². The average molecular weight is 265 g/mol. The standard InChI is InChI=1S/C16H12FN3/c1-3-11-4-5-12(10(2)8-11)20-13-6-7-14-16(15(13)17)19-9-18-14/h1,4-9,20H,2H3,(H,18,19). The number of imidazole rings is 1. The quantitative estimate of drug-likeness (QED) is 0.693. The Hall–Kier alpha value is -2.80. The maximum absolute atomic E-state index is 14.3. The van der Waals surface area contributed by atoms with Crippen molar-refractivity contribution in [2.45, 2.75) is 6.92 Å². The summed E-state index contributed by atoms with van der Waals surface area (Å²) in [6.07, 6.45) is 6.83. The number of fused-ring (bicyclic) bond motifs is 1. The predicted molar refractivity (Wildman–Crippen MR) is 78.4 cm³/mol. The fourth-order valence-electron chi connectivity index (χ4n) is 2.11. The highest BCUT2D eigenvalue weighted by Crippen LogP contribution is 2.27. The Kier molecular flexibility index (Phi) is 2.88. The molecule has 1 aromatic heterocycles. The number of anilines is 2. The first-order chi connectivity index (χ1) is 9.69. The summed E-state index contributed by atoms with van der Waals surface area (Å²) in [7, 11) is 0. The Bertz CT molecular complexity index is 827.